The van der Waals surface area contributed by atoms with Gasteiger partial charge in [0, 0.05) is 0 Å². The largest absolute Gasteiger partial charge is 0.245 e. The van der Waals surface area contributed by atoms with Crippen LogP contribution >= 0.6 is 0 Å². The van der Waals surface area contributed by atoms with Crippen molar-refractivity contribution in [1.82, 2.24) is 15.0 Å². The Kier molecular flexibility index (Phi) is 2.52. The molecule has 4 aliphatic rings. The van der Waals surface area contributed by atoms with Gasteiger partial charge in [-0.3, -0.25) is 0 Å². The molecule has 1 aromatic heterocycles. The zero-order valence-corrected chi connectivity index (χ0v) is 12.3. The van der Waals surface area contributed by atoms with Gasteiger partial charge in [0.25, 0.3) is 0 Å². The van der Waals surface area contributed by atoms with Gasteiger partial charge in [0.05, 0.1) is 11.7 Å². The molecule has 0 aromatic carbocycles. The van der Waals surface area contributed by atoms with E-state index in [1.165, 1.54) is 38.5 Å². The summed E-state index contributed by atoms with van der Waals surface area (Å²) in [5.41, 5.74) is 1.84. The summed E-state index contributed by atoms with van der Waals surface area (Å²) in [6.45, 7) is 4.28. The molecule has 4 aliphatic carbocycles. The molecule has 4 saturated carbocycles. The topological polar surface area (TPSA) is 54.5 Å². The van der Waals surface area contributed by atoms with E-state index in [1.54, 1.807) is 0 Å². The SMILES string of the molecule is Cc1c(C#N)nnn1C(C)C12CC3CC(CC(C3)C1)C2. The molecule has 4 bridgehead atoms. The van der Waals surface area contributed by atoms with Gasteiger partial charge in [-0.05, 0) is 75.5 Å². The van der Waals surface area contributed by atoms with E-state index < -0.39 is 0 Å². The van der Waals surface area contributed by atoms with Crippen molar-refractivity contribution in [3.05, 3.63) is 11.4 Å². The quantitative estimate of drug-likeness (QED) is 0.829. The Morgan fingerprint density at radius 1 is 1.20 bits per heavy atom. The maximum absolute atomic E-state index is 9.08. The van der Waals surface area contributed by atoms with Crippen molar-refractivity contribution in [3.63, 3.8) is 0 Å². The summed E-state index contributed by atoms with van der Waals surface area (Å²) in [6, 6.07) is 2.53. The third-order valence-corrected chi connectivity index (χ3v) is 6.37. The molecule has 4 nitrogen and oxygen atoms in total. The molecule has 20 heavy (non-hydrogen) atoms. The Balaban J connectivity index is 1.69. The summed E-state index contributed by atoms with van der Waals surface area (Å²) in [5.74, 6) is 2.84. The van der Waals surface area contributed by atoms with Crippen LogP contribution in [0.25, 0.3) is 0 Å². The molecule has 0 radical (unpaired) electrons. The normalized spacial score (nSPS) is 39.8. The predicted molar refractivity (Wildman–Crippen MR) is 74.8 cm³/mol. The van der Waals surface area contributed by atoms with Crippen LogP contribution in [0.1, 0.15) is 62.9 Å². The fourth-order valence-corrected chi connectivity index (χ4v) is 5.76. The van der Waals surface area contributed by atoms with Gasteiger partial charge in [-0.15, -0.1) is 5.10 Å². The van der Waals surface area contributed by atoms with Gasteiger partial charge in [0.2, 0.25) is 0 Å². The summed E-state index contributed by atoms with van der Waals surface area (Å²) in [5, 5.41) is 17.4. The van der Waals surface area contributed by atoms with Crippen molar-refractivity contribution < 1.29 is 0 Å². The molecule has 5 rings (SSSR count). The second-order valence-electron chi connectivity index (χ2n) is 7.54. The predicted octanol–water partition coefficient (Wildman–Crippen LogP) is 3.24. The highest BCUT2D eigenvalue weighted by Crippen LogP contribution is 2.63. The number of hydrogen-bond donors (Lipinski definition) is 0. The smallest absolute Gasteiger partial charge is 0.185 e. The van der Waals surface area contributed by atoms with Crippen LogP contribution in [0.5, 0.6) is 0 Å². The second-order valence-corrected chi connectivity index (χ2v) is 7.54. The zero-order chi connectivity index (χ0) is 13.9. The fourth-order valence-electron chi connectivity index (χ4n) is 5.76. The molecular weight excluding hydrogens is 248 g/mol. The molecule has 0 saturated heterocycles. The van der Waals surface area contributed by atoms with Gasteiger partial charge >= 0.3 is 0 Å². The molecule has 0 aliphatic heterocycles. The Labute approximate surface area is 120 Å². The second kappa shape index (κ2) is 4.07. The van der Waals surface area contributed by atoms with Gasteiger partial charge < -0.3 is 0 Å². The number of nitriles is 1. The van der Waals surface area contributed by atoms with E-state index in [9.17, 15) is 0 Å². The number of hydrogen-bond acceptors (Lipinski definition) is 3. The summed E-state index contributed by atoms with van der Waals surface area (Å²) in [6.07, 6.45) is 8.48. The fraction of sp³-hybridized carbons (Fsp3) is 0.812. The van der Waals surface area contributed by atoms with Gasteiger partial charge in [0.15, 0.2) is 5.69 Å². The Morgan fingerprint density at radius 2 is 1.75 bits per heavy atom. The molecule has 1 heterocycles. The molecule has 1 aromatic rings. The molecule has 0 amide bonds. The van der Waals surface area contributed by atoms with E-state index in [4.69, 9.17) is 5.26 Å². The van der Waals surface area contributed by atoms with E-state index >= 15 is 0 Å². The summed E-state index contributed by atoms with van der Waals surface area (Å²) >= 11 is 0. The van der Waals surface area contributed by atoms with Crippen LogP contribution < -0.4 is 0 Å². The van der Waals surface area contributed by atoms with Gasteiger partial charge in [-0.1, -0.05) is 5.21 Å². The van der Waals surface area contributed by atoms with Crippen molar-refractivity contribution in [3.8, 4) is 6.07 Å². The monoisotopic (exact) mass is 270 g/mol. The maximum Gasteiger partial charge on any atom is 0.185 e. The molecule has 4 fully saturated rings. The van der Waals surface area contributed by atoms with Crippen LogP contribution in [-0.2, 0) is 0 Å². The number of aromatic nitrogens is 3. The average Bonchev–Trinajstić information content (AvgIpc) is 2.77. The van der Waals surface area contributed by atoms with Crippen molar-refractivity contribution in [1.29, 1.82) is 5.26 Å². The maximum atomic E-state index is 9.08. The van der Waals surface area contributed by atoms with Crippen LogP contribution in [0.15, 0.2) is 0 Å². The molecule has 4 heteroatoms. The van der Waals surface area contributed by atoms with Crippen molar-refractivity contribution in [2.24, 2.45) is 23.2 Å². The minimum absolute atomic E-state index is 0.380. The van der Waals surface area contributed by atoms with Crippen LogP contribution in [0.2, 0.25) is 0 Å². The highest BCUT2D eigenvalue weighted by molar-refractivity contribution is 5.24. The molecule has 106 valence electrons. The highest BCUT2D eigenvalue weighted by atomic mass is 15.4. The molecule has 0 N–H and O–H groups in total. The molecule has 1 atom stereocenters. The first-order valence-corrected chi connectivity index (χ1v) is 7.93. The van der Waals surface area contributed by atoms with Gasteiger partial charge in [-0.2, -0.15) is 5.26 Å². The Hall–Kier alpha value is -1.37. The van der Waals surface area contributed by atoms with E-state index in [1.807, 2.05) is 11.6 Å². The Bertz CT molecular complexity index is 545. The standard InChI is InChI=1S/C16H22N4/c1-10-15(9-17)18-19-20(10)11(2)16-6-12-3-13(7-16)5-14(4-12)8-16/h11-14H,3-8H2,1-2H3. The summed E-state index contributed by atoms with van der Waals surface area (Å²) < 4.78 is 2.03. The third kappa shape index (κ3) is 1.58. The van der Waals surface area contributed by atoms with Gasteiger partial charge in [0.1, 0.15) is 6.07 Å². The van der Waals surface area contributed by atoms with Crippen molar-refractivity contribution in [2.75, 3.05) is 0 Å². The van der Waals surface area contributed by atoms with E-state index in [2.05, 4.69) is 23.3 Å². The van der Waals surface area contributed by atoms with Crippen molar-refractivity contribution >= 4 is 0 Å². The lowest BCUT2D eigenvalue weighted by molar-refractivity contribution is -0.0816. The third-order valence-electron chi connectivity index (χ3n) is 6.37. The van der Waals surface area contributed by atoms with Crippen LogP contribution in [0.4, 0.5) is 0 Å². The van der Waals surface area contributed by atoms with Crippen LogP contribution in [0.3, 0.4) is 0 Å². The lowest BCUT2D eigenvalue weighted by atomic mass is 9.48. The number of nitrogens with zero attached hydrogens (tertiary/aromatic N) is 4. The van der Waals surface area contributed by atoms with E-state index in [0.29, 0.717) is 17.2 Å². The van der Waals surface area contributed by atoms with Crippen molar-refractivity contribution in [2.45, 2.75) is 58.4 Å². The lowest BCUT2D eigenvalue weighted by Crippen LogP contribution is -2.49. The number of rotatable bonds is 2. The van der Waals surface area contributed by atoms with Crippen LogP contribution in [0, 0.1) is 41.4 Å². The first-order valence-electron chi connectivity index (χ1n) is 7.93. The summed E-state index contributed by atoms with van der Waals surface area (Å²) in [7, 11) is 0. The van der Waals surface area contributed by atoms with E-state index in [0.717, 1.165) is 23.4 Å². The molecule has 1 unspecified atom stereocenters. The molecular formula is C16H22N4. The van der Waals surface area contributed by atoms with Crippen LogP contribution in [-0.4, -0.2) is 15.0 Å². The van der Waals surface area contributed by atoms with Gasteiger partial charge in [-0.25, -0.2) is 4.68 Å². The zero-order valence-electron chi connectivity index (χ0n) is 12.3. The first-order chi connectivity index (χ1) is 9.61. The Morgan fingerprint density at radius 3 is 2.20 bits per heavy atom. The summed E-state index contributed by atoms with van der Waals surface area (Å²) in [4.78, 5) is 0. The van der Waals surface area contributed by atoms with E-state index in [-0.39, 0.29) is 0 Å². The molecule has 0 spiro atoms. The first kappa shape index (κ1) is 12.4. The highest BCUT2D eigenvalue weighted by Gasteiger charge is 2.54. The lowest BCUT2D eigenvalue weighted by Gasteiger charge is -2.58. The minimum atomic E-state index is 0.380. The average molecular weight is 270 g/mol. The minimum Gasteiger partial charge on any atom is -0.245 e.